The number of hydrogen-bond donors (Lipinski definition) is 1. The molecule has 3 heteroatoms. The molecule has 1 aromatic carbocycles. The topological polar surface area (TPSA) is 12.0 Å². The summed E-state index contributed by atoms with van der Waals surface area (Å²) in [4.78, 5) is 0. The number of nitrogens with one attached hydrogen (secondary N) is 1. The van der Waals surface area contributed by atoms with Gasteiger partial charge in [-0.2, -0.15) is 0 Å². The number of halogens is 2. The summed E-state index contributed by atoms with van der Waals surface area (Å²) >= 11 is 12.7. The van der Waals surface area contributed by atoms with Crippen LogP contribution in [-0.4, -0.2) is 12.1 Å². The molecule has 1 N–H and O–H groups in total. The van der Waals surface area contributed by atoms with Crippen LogP contribution in [0.4, 0.5) is 0 Å². The van der Waals surface area contributed by atoms with E-state index in [1.807, 2.05) is 18.2 Å². The Balaban J connectivity index is 1.88. The number of hydrogen-bond acceptors (Lipinski definition) is 1. The Morgan fingerprint density at radius 1 is 1.11 bits per heavy atom. The van der Waals surface area contributed by atoms with E-state index >= 15 is 0 Å². The van der Waals surface area contributed by atoms with Crippen molar-refractivity contribution in [1.82, 2.24) is 5.32 Å². The largest absolute Gasteiger partial charge is 0.311 e. The minimum atomic E-state index is 0.241. The van der Waals surface area contributed by atoms with E-state index in [9.17, 15) is 0 Å². The quantitative estimate of drug-likeness (QED) is 0.841. The molecule has 2 fully saturated rings. The molecule has 1 unspecified atom stereocenters. The van der Waals surface area contributed by atoms with Crippen molar-refractivity contribution in [3.05, 3.63) is 33.8 Å². The molecule has 19 heavy (non-hydrogen) atoms. The van der Waals surface area contributed by atoms with Gasteiger partial charge in [0, 0.05) is 15.6 Å². The van der Waals surface area contributed by atoms with Crippen LogP contribution in [0.3, 0.4) is 0 Å². The van der Waals surface area contributed by atoms with Crippen molar-refractivity contribution in [2.45, 2.75) is 50.5 Å². The third kappa shape index (κ3) is 2.94. The lowest BCUT2D eigenvalue weighted by molar-refractivity contribution is 0.271. The van der Waals surface area contributed by atoms with E-state index in [4.69, 9.17) is 23.2 Å². The van der Waals surface area contributed by atoms with Gasteiger partial charge in [-0.05, 0) is 62.3 Å². The van der Waals surface area contributed by atoms with Gasteiger partial charge in [0.15, 0.2) is 0 Å². The monoisotopic (exact) mass is 297 g/mol. The molecular weight excluding hydrogens is 277 g/mol. The fraction of sp³-hybridized carbons (Fsp3) is 0.625. The summed E-state index contributed by atoms with van der Waals surface area (Å²) in [6.45, 7) is 1.14. The molecule has 1 saturated carbocycles. The molecule has 0 bridgehead atoms. The van der Waals surface area contributed by atoms with E-state index in [-0.39, 0.29) is 5.54 Å². The van der Waals surface area contributed by atoms with Crippen molar-refractivity contribution in [1.29, 1.82) is 0 Å². The SMILES string of the molecule is Clc1cccc(Cl)c1CC1(C2CC2)CCCCCN1. The second-order valence-corrected chi connectivity index (χ2v) is 6.86. The summed E-state index contributed by atoms with van der Waals surface area (Å²) in [5.74, 6) is 0.818. The molecule has 104 valence electrons. The second kappa shape index (κ2) is 5.63. The molecule has 1 nitrogen and oxygen atoms in total. The summed E-state index contributed by atoms with van der Waals surface area (Å²) in [6, 6.07) is 5.85. The van der Waals surface area contributed by atoms with Crippen LogP contribution in [0.5, 0.6) is 0 Å². The predicted molar refractivity (Wildman–Crippen MR) is 82.1 cm³/mol. The Morgan fingerprint density at radius 2 is 1.84 bits per heavy atom. The summed E-state index contributed by atoms with van der Waals surface area (Å²) in [5.41, 5.74) is 1.37. The zero-order valence-electron chi connectivity index (χ0n) is 11.2. The summed E-state index contributed by atoms with van der Waals surface area (Å²) in [5, 5.41) is 5.48. The van der Waals surface area contributed by atoms with E-state index in [0.717, 1.165) is 34.5 Å². The maximum atomic E-state index is 6.36. The van der Waals surface area contributed by atoms with Gasteiger partial charge in [-0.25, -0.2) is 0 Å². The van der Waals surface area contributed by atoms with Gasteiger partial charge >= 0.3 is 0 Å². The summed E-state index contributed by atoms with van der Waals surface area (Å²) in [6.07, 6.45) is 8.92. The second-order valence-electron chi connectivity index (χ2n) is 6.04. The average molecular weight is 298 g/mol. The molecule has 1 saturated heterocycles. The van der Waals surface area contributed by atoms with Crippen LogP contribution in [0.15, 0.2) is 18.2 Å². The first-order chi connectivity index (χ1) is 9.21. The van der Waals surface area contributed by atoms with Crippen molar-refractivity contribution in [2.24, 2.45) is 5.92 Å². The zero-order valence-corrected chi connectivity index (χ0v) is 12.7. The van der Waals surface area contributed by atoms with Crippen molar-refractivity contribution < 1.29 is 0 Å². The van der Waals surface area contributed by atoms with Crippen molar-refractivity contribution >= 4 is 23.2 Å². The first-order valence-electron chi connectivity index (χ1n) is 7.39. The lowest BCUT2D eigenvalue weighted by atomic mass is 9.82. The van der Waals surface area contributed by atoms with E-state index in [2.05, 4.69) is 5.32 Å². The molecule has 1 aliphatic carbocycles. The van der Waals surface area contributed by atoms with Gasteiger partial charge in [-0.1, -0.05) is 42.1 Å². The molecule has 1 atom stereocenters. The molecule has 2 aliphatic rings. The Kier molecular flexibility index (Phi) is 4.07. The Morgan fingerprint density at radius 3 is 2.53 bits per heavy atom. The fourth-order valence-corrected chi connectivity index (χ4v) is 4.00. The van der Waals surface area contributed by atoms with Crippen molar-refractivity contribution in [2.75, 3.05) is 6.54 Å². The normalized spacial score (nSPS) is 28.1. The Hall–Kier alpha value is -0.240. The highest BCUT2D eigenvalue weighted by Crippen LogP contribution is 2.46. The first-order valence-corrected chi connectivity index (χ1v) is 8.15. The van der Waals surface area contributed by atoms with Gasteiger partial charge in [-0.3, -0.25) is 0 Å². The fourth-order valence-electron chi connectivity index (χ4n) is 3.46. The van der Waals surface area contributed by atoms with Crippen LogP contribution >= 0.6 is 23.2 Å². The van der Waals surface area contributed by atoms with Crippen LogP contribution in [0.1, 0.15) is 44.1 Å². The third-order valence-corrected chi connectivity index (χ3v) is 5.40. The number of rotatable bonds is 3. The van der Waals surface area contributed by atoms with Crippen LogP contribution in [-0.2, 0) is 6.42 Å². The highest BCUT2D eigenvalue weighted by atomic mass is 35.5. The van der Waals surface area contributed by atoms with E-state index in [1.54, 1.807) is 0 Å². The standard InChI is InChI=1S/C16H21Cl2N/c17-14-5-4-6-15(18)13(14)11-16(12-7-8-12)9-2-1-3-10-19-16/h4-6,12,19H,1-3,7-11H2. The lowest BCUT2D eigenvalue weighted by Gasteiger charge is -2.35. The summed E-state index contributed by atoms with van der Waals surface area (Å²) in [7, 11) is 0. The van der Waals surface area contributed by atoms with Crippen LogP contribution in [0.25, 0.3) is 0 Å². The summed E-state index contributed by atoms with van der Waals surface area (Å²) < 4.78 is 0. The minimum Gasteiger partial charge on any atom is -0.311 e. The number of benzene rings is 1. The first kappa shape index (κ1) is 13.7. The molecular formula is C16H21Cl2N. The average Bonchev–Trinajstić information content (AvgIpc) is 3.21. The van der Waals surface area contributed by atoms with E-state index in [0.29, 0.717) is 0 Å². The molecule has 0 spiro atoms. The van der Waals surface area contributed by atoms with Gasteiger partial charge in [0.25, 0.3) is 0 Å². The van der Waals surface area contributed by atoms with Gasteiger partial charge in [-0.15, -0.1) is 0 Å². The zero-order chi connectivity index (χ0) is 13.3. The molecule has 0 amide bonds. The van der Waals surface area contributed by atoms with E-state index < -0.39 is 0 Å². The molecule has 3 rings (SSSR count). The Labute approximate surface area is 125 Å². The van der Waals surface area contributed by atoms with E-state index in [1.165, 1.54) is 38.5 Å². The molecule has 0 radical (unpaired) electrons. The minimum absolute atomic E-state index is 0.241. The highest BCUT2D eigenvalue weighted by molar-refractivity contribution is 6.36. The lowest BCUT2D eigenvalue weighted by Crippen LogP contribution is -2.48. The smallest absolute Gasteiger partial charge is 0.0453 e. The van der Waals surface area contributed by atoms with Crippen LogP contribution in [0, 0.1) is 5.92 Å². The van der Waals surface area contributed by atoms with Crippen molar-refractivity contribution in [3.8, 4) is 0 Å². The molecule has 1 aliphatic heterocycles. The van der Waals surface area contributed by atoms with Crippen LogP contribution < -0.4 is 5.32 Å². The van der Waals surface area contributed by atoms with Crippen LogP contribution in [0.2, 0.25) is 10.0 Å². The van der Waals surface area contributed by atoms with Gasteiger partial charge in [0.2, 0.25) is 0 Å². The maximum absolute atomic E-state index is 6.36. The third-order valence-electron chi connectivity index (χ3n) is 4.69. The molecule has 0 aromatic heterocycles. The predicted octanol–water partition coefficient (Wildman–Crippen LogP) is 4.85. The molecule has 1 aromatic rings. The Bertz CT molecular complexity index is 426. The molecule has 1 heterocycles. The van der Waals surface area contributed by atoms with Gasteiger partial charge in [0.1, 0.15) is 0 Å². The maximum Gasteiger partial charge on any atom is 0.0453 e. The van der Waals surface area contributed by atoms with Gasteiger partial charge in [0.05, 0.1) is 0 Å². The van der Waals surface area contributed by atoms with Gasteiger partial charge < -0.3 is 5.32 Å². The highest BCUT2D eigenvalue weighted by Gasteiger charge is 2.45. The van der Waals surface area contributed by atoms with Crippen molar-refractivity contribution in [3.63, 3.8) is 0 Å².